The zero-order valence-electron chi connectivity index (χ0n) is 14.7. The molecule has 1 heterocycles. The molecule has 138 valence electrons. The lowest BCUT2D eigenvalue weighted by molar-refractivity contribution is -0.0637. The van der Waals surface area contributed by atoms with Crippen molar-refractivity contribution >= 4 is 31.9 Å². The molecule has 0 saturated carbocycles. The Labute approximate surface area is 171 Å². The van der Waals surface area contributed by atoms with Crippen molar-refractivity contribution in [3.63, 3.8) is 0 Å². The fourth-order valence-electron chi connectivity index (χ4n) is 4.07. The Bertz CT molecular complexity index is 741. The van der Waals surface area contributed by atoms with Crippen LogP contribution in [0.1, 0.15) is 29.2 Å². The fraction of sp³-hybridized carbons (Fsp3) is 0.429. The maximum atomic E-state index is 6.48. The van der Waals surface area contributed by atoms with Crippen molar-refractivity contribution in [2.75, 3.05) is 26.3 Å². The van der Waals surface area contributed by atoms with Gasteiger partial charge in [-0.25, -0.2) is 0 Å². The summed E-state index contributed by atoms with van der Waals surface area (Å²) < 4.78 is 14.2. The van der Waals surface area contributed by atoms with Gasteiger partial charge in [0.05, 0.1) is 32.0 Å². The minimum absolute atomic E-state index is 0.209. The number of ether oxygens (including phenoxy) is 2. The Morgan fingerprint density at radius 1 is 1.04 bits per heavy atom. The van der Waals surface area contributed by atoms with E-state index in [1.165, 1.54) is 16.7 Å². The number of halogens is 2. The molecule has 5 heteroatoms. The zero-order chi connectivity index (χ0) is 17.9. The predicted molar refractivity (Wildman–Crippen MR) is 110 cm³/mol. The summed E-state index contributed by atoms with van der Waals surface area (Å²) in [5.41, 5.74) is 4.08. The van der Waals surface area contributed by atoms with Crippen molar-refractivity contribution in [3.05, 3.63) is 68.1 Å². The zero-order valence-corrected chi connectivity index (χ0v) is 17.8. The monoisotopic (exact) mass is 479 g/mol. The standard InChI is InChI=1S/C21H23Br2NO2/c22-17-11-15(12-18(23)13-17)14-26-20-6-5-16-3-1-2-4-19(16)21(20)24-7-9-25-10-8-24/h1-4,11-13,20-21H,5-10,14H2/t20-,21-/m1/s1. The molecular weight excluding hydrogens is 458 g/mol. The summed E-state index contributed by atoms with van der Waals surface area (Å²) in [5, 5.41) is 0. The molecule has 3 nitrogen and oxygen atoms in total. The van der Waals surface area contributed by atoms with Gasteiger partial charge in [0.25, 0.3) is 0 Å². The summed E-state index contributed by atoms with van der Waals surface area (Å²) >= 11 is 7.13. The third-order valence-corrected chi connectivity index (χ3v) is 6.17. The van der Waals surface area contributed by atoms with E-state index in [-0.39, 0.29) is 6.10 Å². The van der Waals surface area contributed by atoms with Crippen molar-refractivity contribution in [2.45, 2.75) is 31.6 Å². The number of hydrogen-bond acceptors (Lipinski definition) is 3. The highest BCUT2D eigenvalue weighted by Crippen LogP contribution is 2.37. The molecule has 0 spiro atoms. The number of aryl methyl sites for hydroxylation is 1. The largest absolute Gasteiger partial charge is 0.379 e. The van der Waals surface area contributed by atoms with Crippen LogP contribution in [0.3, 0.4) is 0 Å². The molecule has 2 aliphatic rings. The molecule has 26 heavy (non-hydrogen) atoms. The van der Waals surface area contributed by atoms with Gasteiger partial charge in [0, 0.05) is 22.0 Å². The Balaban J connectivity index is 1.55. The molecule has 2 atom stereocenters. The predicted octanol–water partition coefficient (Wildman–Crippen LogP) is 5.12. The number of rotatable bonds is 4. The summed E-state index contributed by atoms with van der Waals surface area (Å²) in [4.78, 5) is 2.54. The Kier molecular flexibility index (Phi) is 6.11. The van der Waals surface area contributed by atoms with E-state index in [9.17, 15) is 0 Å². The van der Waals surface area contributed by atoms with Gasteiger partial charge in [-0.3, -0.25) is 4.90 Å². The summed E-state index contributed by atoms with van der Waals surface area (Å²) in [6.45, 7) is 4.20. The van der Waals surface area contributed by atoms with Crippen molar-refractivity contribution < 1.29 is 9.47 Å². The second-order valence-electron chi connectivity index (χ2n) is 6.96. The first-order valence-corrected chi connectivity index (χ1v) is 10.8. The molecular formula is C21H23Br2NO2. The van der Waals surface area contributed by atoms with E-state index >= 15 is 0 Å². The van der Waals surface area contributed by atoms with E-state index in [1.807, 2.05) is 0 Å². The van der Waals surface area contributed by atoms with Gasteiger partial charge in [0.2, 0.25) is 0 Å². The lowest BCUT2D eigenvalue weighted by atomic mass is 9.84. The number of morpholine rings is 1. The van der Waals surface area contributed by atoms with Crippen molar-refractivity contribution in [2.24, 2.45) is 0 Å². The van der Waals surface area contributed by atoms with Crippen LogP contribution in [0.2, 0.25) is 0 Å². The van der Waals surface area contributed by atoms with Crippen LogP contribution in [0.4, 0.5) is 0 Å². The van der Waals surface area contributed by atoms with Crippen molar-refractivity contribution in [1.82, 2.24) is 4.90 Å². The third kappa shape index (κ3) is 4.23. The highest BCUT2D eigenvalue weighted by atomic mass is 79.9. The number of benzene rings is 2. The Hall–Kier alpha value is -0.720. The van der Waals surface area contributed by atoms with Crippen LogP contribution in [0.15, 0.2) is 51.4 Å². The van der Waals surface area contributed by atoms with Gasteiger partial charge in [-0.15, -0.1) is 0 Å². The summed E-state index contributed by atoms with van der Waals surface area (Å²) in [5.74, 6) is 0. The summed E-state index contributed by atoms with van der Waals surface area (Å²) in [7, 11) is 0. The maximum absolute atomic E-state index is 6.48. The summed E-state index contributed by atoms with van der Waals surface area (Å²) in [6, 6.07) is 15.5. The average molecular weight is 481 g/mol. The second kappa shape index (κ2) is 8.53. The average Bonchev–Trinajstić information content (AvgIpc) is 2.66. The van der Waals surface area contributed by atoms with Crippen molar-refractivity contribution in [1.29, 1.82) is 0 Å². The molecule has 1 aliphatic carbocycles. The fourth-order valence-corrected chi connectivity index (χ4v) is 5.45. The van der Waals surface area contributed by atoms with E-state index < -0.39 is 0 Å². The SMILES string of the molecule is Brc1cc(Br)cc(CO[C@@H]2CCc3ccccc3[C@H]2N2CCOCC2)c1. The summed E-state index contributed by atoms with van der Waals surface area (Å²) in [6.07, 6.45) is 2.36. The first-order chi connectivity index (χ1) is 12.7. The van der Waals surface area contributed by atoms with Gasteiger partial charge in [-0.2, -0.15) is 0 Å². The molecule has 4 rings (SSSR count). The van der Waals surface area contributed by atoms with Crippen LogP contribution >= 0.6 is 31.9 Å². The highest BCUT2D eigenvalue weighted by Gasteiger charge is 2.35. The normalized spacial score (nSPS) is 23.6. The maximum Gasteiger partial charge on any atom is 0.0779 e. The van der Waals surface area contributed by atoms with Gasteiger partial charge in [0.1, 0.15) is 0 Å². The van der Waals surface area contributed by atoms with Gasteiger partial charge >= 0.3 is 0 Å². The van der Waals surface area contributed by atoms with E-state index in [1.54, 1.807) is 0 Å². The Morgan fingerprint density at radius 2 is 1.77 bits per heavy atom. The van der Waals surface area contributed by atoms with E-state index in [0.29, 0.717) is 12.6 Å². The second-order valence-corrected chi connectivity index (χ2v) is 8.79. The molecule has 0 amide bonds. The van der Waals surface area contributed by atoms with Gasteiger partial charge in [-0.1, -0.05) is 56.1 Å². The van der Waals surface area contributed by atoms with Crippen LogP contribution in [0.25, 0.3) is 0 Å². The first kappa shape index (κ1) is 18.6. The van der Waals surface area contributed by atoms with E-state index in [2.05, 4.69) is 79.2 Å². The molecule has 2 aromatic rings. The van der Waals surface area contributed by atoms with E-state index in [0.717, 1.165) is 48.1 Å². The molecule has 1 aliphatic heterocycles. The molecule has 0 aromatic heterocycles. The molecule has 1 saturated heterocycles. The number of fused-ring (bicyclic) bond motifs is 1. The van der Waals surface area contributed by atoms with Crippen LogP contribution < -0.4 is 0 Å². The van der Waals surface area contributed by atoms with Gasteiger partial charge < -0.3 is 9.47 Å². The van der Waals surface area contributed by atoms with Crippen LogP contribution in [0.5, 0.6) is 0 Å². The molecule has 0 unspecified atom stereocenters. The number of nitrogens with zero attached hydrogens (tertiary/aromatic N) is 1. The van der Waals surface area contributed by atoms with E-state index in [4.69, 9.17) is 9.47 Å². The van der Waals surface area contributed by atoms with Crippen LogP contribution in [-0.2, 0) is 22.5 Å². The molecule has 0 N–H and O–H groups in total. The van der Waals surface area contributed by atoms with Crippen LogP contribution in [-0.4, -0.2) is 37.3 Å². The molecule has 0 bridgehead atoms. The topological polar surface area (TPSA) is 21.7 Å². The smallest absolute Gasteiger partial charge is 0.0779 e. The minimum atomic E-state index is 0.209. The molecule has 0 radical (unpaired) electrons. The lowest BCUT2D eigenvalue weighted by Crippen LogP contribution is -2.46. The van der Waals surface area contributed by atoms with Crippen LogP contribution in [0, 0.1) is 0 Å². The van der Waals surface area contributed by atoms with Crippen molar-refractivity contribution in [3.8, 4) is 0 Å². The molecule has 1 fully saturated rings. The first-order valence-electron chi connectivity index (χ1n) is 9.17. The quantitative estimate of drug-likeness (QED) is 0.606. The minimum Gasteiger partial charge on any atom is -0.379 e. The lowest BCUT2D eigenvalue weighted by Gasteiger charge is -2.42. The third-order valence-electron chi connectivity index (χ3n) is 5.25. The number of hydrogen-bond donors (Lipinski definition) is 0. The van der Waals surface area contributed by atoms with Gasteiger partial charge in [-0.05, 0) is 47.7 Å². The van der Waals surface area contributed by atoms with Gasteiger partial charge in [0.15, 0.2) is 0 Å². The Morgan fingerprint density at radius 3 is 2.54 bits per heavy atom. The highest BCUT2D eigenvalue weighted by molar-refractivity contribution is 9.11. The molecule has 2 aromatic carbocycles.